The molecule has 2 rings (SSSR count). The van der Waals surface area contributed by atoms with Gasteiger partial charge in [-0.1, -0.05) is 23.8 Å². The third kappa shape index (κ3) is 2.89. The second-order valence-corrected chi connectivity index (χ2v) is 4.83. The summed E-state index contributed by atoms with van der Waals surface area (Å²) >= 11 is 0. The molecule has 0 spiro atoms. The molecule has 1 N–H and O–H groups in total. The first-order valence-electron chi connectivity index (χ1n) is 6.18. The van der Waals surface area contributed by atoms with Crippen molar-refractivity contribution >= 4 is 5.97 Å². The highest BCUT2D eigenvalue weighted by Crippen LogP contribution is 2.17. The predicted octanol–water partition coefficient (Wildman–Crippen LogP) is 1.59. The van der Waals surface area contributed by atoms with Crippen LogP contribution in [0.4, 0.5) is 0 Å². The summed E-state index contributed by atoms with van der Waals surface area (Å²) in [6, 6.07) is 5.76. The summed E-state index contributed by atoms with van der Waals surface area (Å²) in [5, 5.41) is 9.19. The topological polar surface area (TPSA) is 49.8 Å². The van der Waals surface area contributed by atoms with E-state index in [-0.39, 0.29) is 6.61 Å². The Morgan fingerprint density at radius 1 is 1.50 bits per heavy atom. The number of carbonyl (C=O) groups is 1. The molecule has 1 fully saturated rings. The number of rotatable bonds is 3. The van der Waals surface area contributed by atoms with Gasteiger partial charge in [-0.05, 0) is 25.0 Å². The Balaban J connectivity index is 2.15. The van der Waals surface area contributed by atoms with Crippen molar-refractivity contribution in [1.82, 2.24) is 4.90 Å². The molecule has 1 unspecified atom stereocenters. The third-order valence-corrected chi connectivity index (χ3v) is 3.40. The van der Waals surface area contributed by atoms with Crippen LogP contribution >= 0.6 is 0 Å². The summed E-state index contributed by atoms with van der Waals surface area (Å²) < 4.78 is 5.24. The van der Waals surface area contributed by atoms with E-state index in [9.17, 15) is 9.90 Å². The van der Waals surface area contributed by atoms with E-state index >= 15 is 0 Å². The van der Waals surface area contributed by atoms with E-state index in [4.69, 9.17) is 4.74 Å². The molecule has 0 bridgehead atoms. The summed E-state index contributed by atoms with van der Waals surface area (Å²) in [4.78, 5) is 13.2. The van der Waals surface area contributed by atoms with E-state index in [1.54, 1.807) is 0 Å². The number of benzene rings is 1. The molecule has 4 nitrogen and oxygen atoms in total. The maximum absolute atomic E-state index is 11.2. The van der Waals surface area contributed by atoms with Crippen molar-refractivity contribution in [2.45, 2.75) is 26.4 Å². The summed E-state index contributed by atoms with van der Waals surface area (Å²) in [6.07, 6.45) is 0. The maximum Gasteiger partial charge on any atom is 0.323 e. The molecule has 1 atom stereocenters. The average molecular weight is 249 g/mol. The molecule has 18 heavy (non-hydrogen) atoms. The fraction of sp³-hybridized carbons (Fsp3) is 0.500. The van der Waals surface area contributed by atoms with E-state index in [1.165, 1.54) is 16.7 Å². The zero-order chi connectivity index (χ0) is 13.1. The highest BCUT2D eigenvalue weighted by atomic mass is 16.5. The molecular weight excluding hydrogens is 230 g/mol. The summed E-state index contributed by atoms with van der Waals surface area (Å²) in [6.45, 7) is 6.34. The van der Waals surface area contributed by atoms with Crippen molar-refractivity contribution in [3.63, 3.8) is 0 Å². The quantitative estimate of drug-likeness (QED) is 0.883. The van der Waals surface area contributed by atoms with Crippen molar-refractivity contribution in [2.24, 2.45) is 0 Å². The first-order chi connectivity index (χ1) is 8.58. The number of nitrogens with zero attached hydrogens (tertiary/aromatic N) is 1. The molecule has 0 aromatic heterocycles. The van der Waals surface area contributed by atoms with Crippen LogP contribution in [0.1, 0.15) is 16.7 Å². The van der Waals surface area contributed by atoms with Crippen molar-refractivity contribution in [2.75, 3.05) is 19.8 Å². The molecule has 0 amide bonds. The highest BCUT2D eigenvalue weighted by molar-refractivity contribution is 5.73. The van der Waals surface area contributed by atoms with Crippen molar-refractivity contribution in [3.05, 3.63) is 34.9 Å². The fourth-order valence-corrected chi connectivity index (χ4v) is 2.24. The minimum Gasteiger partial charge on any atom is -0.480 e. The van der Waals surface area contributed by atoms with Crippen LogP contribution in [-0.4, -0.2) is 41.8 Å². The summed E-state index contributed by atoms with van der Waals surface area (Å²) in [7, 11) is 0. The zero-order valence-corrected chi connectivity index (χ0v) is 10.8. The van der Waals surface area contributed by atoms with Gasteiger partial charge in [0.1, 0.15) is 6.04 Å². The number of carboxylic acid groups (broad SMARTS) is 1. The van der Waals surface area contributed by atoms with Gasteiger partial charge >= 0.3 is 5.97 Å². The predicted molar refractivity (Wildman–Crippen MR) is 68.6 cm³/mol. The van der Waals surface area contributed by atoms with E-state index in [2.05, 4.69) is 32.0 Å². The van der Waals surface area contributed by atoms with Gasteiger partial charge in [0.2, 0.25) is 0 Å². The van der Waals surface area contributed by atoms with Crippen LogP contribution in [-0.2, 0) is 16.1 Å². The molecule has 1 heterocycles. The molecule has 98 valence electrons. The van der Waals surface area contributed by atoms with Gasteiger partial charge in [0.05, 0.1) is 13.2 Å². The molecule has 1 aliphatic heterocycles. The lowest BCUT2D eigenvalue weighted by Gasteiger charge is -2.33. The van der Waals surface area contributed by atoms with Crippen molar-refractivity contribution < 1.29 is 14.6 Å². The van der Waals surface area contributed by atoms with Gasteiger partial charge in [-0.2, -0.15) is 0 Å². The van der Waals surface area contributed by atoms with Crippen LogP contribution in [0.5, 0.6) is 0 Å². The molecule has 0 radical (unpaired) electrons. The number of hydrogen-bond acceptors (Lipinski definition) is 3. The Hall–Kier alpha value is -1.39. The minimum atomic E-state index is -0.806. The second kappa shape index (κ2) is 5.50. The van der Waals surface area contributed by atoms with E-state index in [1.807, 2.05) is 4.90 Å². The maximum atomic E-state index is 11.2. The average Bonchev–Trinajstić information content (AvgIpc) is 2.34. The smallest absolute Gasteiger partial charge is 0.323 e. The van der Waals surface area contributed by atoms with Crippen LogP contribution in [0.25, 0.3) is 0 Å². The van der Waals surface area contributed by atoms with E-state index in [0.29, 0.717) is 19.7 Å². The molecule has 1 aromatic rings. The number of carboxylic acids is 1. The van der Waals surface area contributed by atoms with Crippen LogP contribution in [0.15, 0.2) is 18.2 Å². The monoisotopic (exact) mass is 249 g/mol. The first kappa shape index (κ1) is 13.1. The number of hydrogen-bond donors (Lipinski definition) is 1. The number of aryl methyl sites for hydroxylation is 2. The van der Waals surface area contributed by atoms with Gasteiger partial charge in [0.15, 0.2) is 0 Å². The Morgan fingerprint density at radius 3 is 3.00 bits per heavy atom. The van der Waals surface area contributed by atoms with Gasteiger partial charge in [-0.25, -0.2) is 0 Å². The lowest BCUT2D eigenvalue weighted by atomic mass is 10.0. The van der Waals surface area contributed by atoms with Gasteiger partial charge in [-0.15, -0.1) is 0 Å². The van der Waals surface area contributed by atoms with E-state index in [0.717, 1.165) is 0 Å². The number of morpholine rings is 1. The number of ether oxygens (including phenoxy) is 1. The van der Waals surface area contributed by atoms with Crippen molar-refractivity contribution in [1.29, 1.82) is 0 Å². The molecule has 1 saturated heterocycles. The van der Waals surface area contributed by atoms with Crippen LogP contribution in [0.3, 0.4) is 0 Å². The molecule has 4 heteroatoms. The standard InChI is InChI=1S/C14H19NO3/c1-10-3-4-11(2)12(7-10)8-15-5-6-18-9-13(15)14(16)17/h3-4,7,13H,5-6,8-9H2,1-2H3,(H,16,17). The lowest BCUT2D eigenvalue weighted by Crippen LogP contribution is -2.49. The van der Waals surface area contributed by atoms with Crippen LogP contribution in [0, 0.1) is 13.8 Å². The van der Waals surface area contributed by atoms with Crippen LogP contribution < -0.4 is 0 Å². The molecule has 0 saturated carbocycles. The molecular formula is C14H19NO3. The minimum absolute atomic E-state index is 0.278. The largest absolute Gasteiger partial charge is 0.480 e. The summed E-state index contributed by atoms with van der Waals surface area (Å²) in [5.74, 6) is -0.806. The van der Waals surface area contributed by atoms with Crippen LogP contribution in [0.2, 0.25) is 0 Å². The lowest BCUT2D eigenvalue weighted by molar-refractivity contribution is -0.150. The Kier molecular flexibility index (Phi) is 3.99. The Morgan fingerprint density at radius 2 is 2.28 bits per heavy atom. The van der Waals surface area contributed by atoms with Gasteiger partial charge in [0, 0.05) is 13.1 Å². The first-order valence-corrected chi connectivity index (χ1v) is 6.18. The summed E-state index contributed by atoms with van der Waals surface area (Å²) in [5.41, 5.74) is 3.61. The third-order valence-electron chi connectivity index (χ3n) is 3.40. The fourth-order valence-electron chi connectivity index (χ4n) is 2.24. The normalized spacial score (nSPS) is 20.9. The Labute approximate surface area is 107 Å². The SMILES string of the molecule is Cc1ccc(C)c(CN2CCOCC2C(=O)O)c1. The van der Waals surface area contributed by atoms with Gasteiger partial charge in [0.25, 0.3) is 0 Å². The zero-order valence-electron chi connectivity index (χ0n) is 10.8. The van der Waals surface area contributed by atoms with Gasteiger partial charge < -0.3 is 9.84 Å². The van der Waals surface area contributed by atoms with E-state index < -0.39 is 12.0 Å². The second-order valence-electron chi connectivity index (χ2n) is 4.83. The number of aliphatic carboxylic acids is 1. The Bertz CT molecular complexity index is 445. The van der Waals surface area contributed by atoms with Crippen molar-refractivity contribution in [3.8, 4) is 0 Å². The molecule has 0 aliphatic carbocycles. The highest BCUT2D eigenvalue weighted by Gasteiger charge is 2.29. The molecule has 1 aliphatic rings. The molecule has 1 aromatic carbocycles. The van der Waals surface area contributed by atoms with Gasteiger partial charge in [-0.3, -0.25) is 9.69 Å².